The van der Waals surface area contributed by atoms with Crippen LogP contribution in [-0.4, -0.2) is 57.6 Å². The highest BCUT2D eigenvalue weighted by atomic mass is 32.2. The van der Waals surface area contributed by atoms with Crippen LogP contribution in [0.4, 0.5) is 5.69 Å². The maximum atomic E-state index is 13.5. The molecule has 0 saturated carbocycles. The minimum Gasteiger partial charge on any atom is -0.484 e. The molecule has 4 rings (SSSR count). The van der Waals surface area contributed by atoms with Crippen LogP contribution in [0.25, 0.3) is 0 Å². The van der Waals surface area contributed by atoms with Crippen molar-refractivity contribution in [1.82, 2.24) is 10.3 Å². The third kappa shape index (κ3) is 7.69. The molecule has 0 radical (unpaired) electrons. The number of hydrogen-bond donors (Lipinski definition) is 1. The van der Waals surface area contributed by atoms with E-state index in [1.54, 1.807) is 54.6 Å². The number of ether oxygens (including phenoxy) is 1. The van der Waals surface area contributed by atoms with Gasteiger partial charge in [0.15, 0.2) is 6.61 Å². The van der Waals surface area contributed by atoms with Gasteiger partial charge in [-0.15, -0.1) is 0 Å². The van der Waals surface area contributed by atoms with E-state index >= 15 is 0 Å². The summed E-state index contributed by atoms with van der Waals surface area (Å²) in [7, 11) is -4.00. The highest BCUT2D eigenvalue weighted by Gasteiger charge is 2.27. The minimum absolute atomic E-state index is 0.00751. The van der Waals surface area contributed by atoms with E-state index in [9.17, 15) is 18.0 Å². The van der Waals surface area contributed by atoms with Gasteiger partial charge in [-0.25, -0.2) is 13.8 Å². The molecule has 1 heterocycles. The SMILES string of the molecule is Cc1ccc(S(=O)(=O)N(CC(=O)N/N=C\c2ccc(OCC(=O)N3CCCCC3)cc2)c2cccc(C)c2)cc1. The van der Waals surface area contributed by atoms with E-state index in [-0.39, 0.29) is 17.4 Å². The van der Waals surface area contributed by atoms with Crippen LogP contribution < -0.4 is 14.5 Å². The Morgan fingerprint density at radius 3 is 2.33 bits per heavy atom. The van der Waals surface area contributed by atoms with Gasteiger partial charge >= 0.3 is 0 Å². The molecule has 10 heteroatoms. The largest absolute Gasteiger partial charge is 0.484 e. The summed E-state index contributed by atoms with van der Waals surface area (Å²) in [6.45, 7) is 4.83. The van der Waals surface area contributed by atoms with E-state index in [2.05, 4.69) is 10.5 Å². The van der Waals surface area contributed by atoms with Crippen LogP contribution >= 0.6 is 0 Å². The first-order chi connectivity index (χ1) is 19.2. The van der Waals surface area contributed by atoms with Crippen molar-refractivity contribution in [1.29, 1.82) is 0 Å². The number of aryl methyl sites for hydroxylation is 2. The summed E-state index contributed by atoms with van der Waals surface area (Å²) in [5.41, 5.74) is 5.28. The van der Waals surface area contributed by atoms with Gasteiger partial charge in [0, 0.05) is 13.1 Å². The fourth-order valence-electron chi connectivity index (χ4n) is 4.31. The van der Waals surface area contributed by atoms with E-state index < -0.39 is 22.5 Å². The number of hydrogen-bond acceptors (Lipinski definition) is 6. The Hall–Kier alpha value is -4.18. The Kier molecular flexibility index (Phi) is 9.55. The summed E-state index contributed by atoms with van der Waals surface area (Å²) < 4.78 is 33.6. The van der Waals surface area contributed by atoms with Gasteiger partial charge in [-0.2, -0.15) is 5.10 Å². The van der Waals surface area contributed by atoms with E-state index in [0.717, 1.165) is 47.8 Å². The quantitative estimate of drug-likeness (QED) is 0.296. The number of hydrazone groups is 1. The van der Waals surface area contributed by atoms with E-state index in [0.29, 0.717) is 17.0 Å². The molecule has 1 N–H and O–H groups in total. The Labute approximate surface area is 235 Å². The molecule has 0 unspecified atom stereocenters. The number of piperidine rings is 1. The summed E-state index contributed by atoms with van der Waals surface area (Å²) in [4.78, 5) is 27.0. The monoisotopic (exact) mass is 562 g/mol. The van der Waals surface area contributed by atoms with Gasteiger partial charge in [-0.05, 0) is 92.8 Å². The van der Waals surface area contributed by atoms with Gasteiger partial charge in [0.25, 0.3) is 21.8 Å². The number of likely N-dealkylation sites (tertiary alicyclic amines) is 1. The van der Waals surface area contributed by atoms with Crippen molar-refractivity contribution in [2.24, 2.45) is 5.10 Å². The van der Waals surface area contributed by atoms with Crippen molar-refractivity contribution in [3.05, 3.63) is 89.5 Å². The molecule has 1 aliphatic heterocycles. The number of nitrogens with one attached hydrogen (secondary N) is 1. The molecule has 0 spiro atoms. The van der Waals surface area contributed by atoms with E-state index in [1.165, 1.54) is 18.3 Å². The average molecular weight is 563 g/mol. The van der Waals surface area contributed by atoms with Crippen molar-refractivity contribution in [2.75, 3.05) is 30.5 Å². The zero-order valence-corrected chi connectivity index (χ0v) is 23.6. The lowest BCUT2D eigenvalue weighted by Gasteiger charge is -2.26. The molecule has 0 aromatic heterocycles. The van der Waals surface area contributed by atoms with Crippen molar-refractivity contribution in [2.45, 2.75) is 38.0 Å². The highest BCUT2D eigenvalue weighted by molar-refractivity contribution is 7.92. The standard InChI is InChI=1S/C30H34N4O5S/c1-23-9-15-28(16-10-23)40(37,38)34(26-8-6-7-24(2)19-26)21-29(35)32-31-20-25-11-13-27(14-12-25)39-22-30(36)33-17-4-3-5-18-33/h6-16,19-20H,3-5,17-18,21-22H2,1-2H3,(H,32,35)/b31-20-. The number of benzene rings is 3. The lowest BCUT2D eigenvalue weighted by atomic mass is 10.1. The molecule has 1 aliphatic rings. The molecule has 40 heavy (non-hydrogen) atoms. The van der Waals surface area contributed by atoms with Gasteiger partial charge in [0.2, 0.25) is 0 Å². The van der Waals surface area contributed by atoms with Crippen LogP contribution in [0.1, 0.15) is 36.0 Å². The maximum Gasteiger partial charge on any atom is 0.264 e. The Morgan fingerprint density at radius 1 is 0.950 bits per heavy atom. The third-order valence-corrected chi connectivity index (χ3v) is 8.33. The predicted octanol–water partition coefficient (Wildman–Crippen LogP) is 4.04. The lowest BCUT2D eigenvalue weighted by Crippen LogP contribution is -2.39. The minimum atomic E-state index is -4.00. The zero-order valence-electron chi connectivity index (χ0n) is 22.7. The summed E-state index contributed by atoms with van der Waals surface area (Å²) in [6.07, 6.45) is 4.67. The van der Waals surface area contributed by atoms with Crippen molar-refractivity contribution >= 4 is 33.7 Å². The molecule has 210 valence electrons. The highest BCUT2D eigenvalue weighted by Crippen LogP contribution is 2.24. The molecule has 9 nitrogen and oxygen atoms in total. The van der Waals surface area contributed by atoms with Gasteiger partial charge < -0.3 is 9.64 Å². The fourth-order valence-corrected chi connectivity index (χ4v) is 5.72. The first kappa shape index (κ1) is 28.8. The first-order valence-corrected chi connectivity index (χ1v) is 14.6. The fraction of sp³-hybridized carbons (Fsp3) is 0.300. The van der Waals surface area contributed by atoms with Gasteiger partial charge in [-0.1, -0.05) is 29.8 Å². The van der Waals surface area contributed by atoms with Crippen LogP contribution in [-0.2, 0) is 19.6 Å². The van der Waals surface area contributed by atoms with Crippen LogP contribution in [0, 0.1) is 13.8 Å². The molecule has 1 saturated heterocycles. The molecule has 0 bridgehead atoms. The molecular formula is C30H34N4O5S. The molecule has 3 aromatic carbocycles. The van der Waals surface area contributed by atoms with Crippen LogP contribution in [0.15, 0.2) is 82.8 Å². The smallest absolute Gasteiger partial charge is 0.264 e. The molecular weight excluding hydrogens is 528 g/mol. The Bertz CT molecular complexity index is 1450. The second-order valence-corrected chi connectivity index (χ2v) is 11.6. The van der Waals surface area contributed by atoms with Crippen LogP contribution in [0.3, 0.4) is 0 Å². The maximum absolute atomic E-state index is 13.5. The predicted molar refractivity (Wildman–Crippen MR) is 155 cm³/mol. The van der Waals surface area contributed by atoms with Crippen molar-refractivity contribution in [3.63, 3.8) is 0 Å². The molecule has 0 aliphatic carbocycles. The third-order valence-electron chi connectivity index (χ3n) is 6.54. The molecule has 0 atom stereocenters. The van der Waals surface area contributed by atoms with Gasteiger partial charge in [-0.3, -0.25) is 13.9 Å². The summed E-state index contributed by atoms with van der Waals surface area (Å²) in [6, 6.07) is 20.4. The number of anilines is 1. The van der Waals surface area contributed by atoms with E-state index in [4.69, 9.17) is 4.74 Å². The molecule has 2 amide bonds. The second kappa shape index (κ2) is 13.3. The summed E-state index contributed by atoms with van der Waals surface area (Å²) in [5, 5.41) is 3.99. The lowest BCUT2D eigenvalue weighted by molar-refractivity contribution is -0.134. The average Bonchev–Trinajstić information content (AvgIpc) is 2.96. The van der Waals surface area contributed by atoms with Crippen LogP contribution in [0.2, 0.25) is 0 Å². The molecule has 1 fully saturated rings. The zero-order chi connectivity index (χ0) is 28.5. The topological polar surface area (TPSA) is 108 Å². The van der Waals surface area contributed by atoms with Crippen molar-refractivity contribution in [3.8, 4) is 5.75 Å². The summed E-state index contributed by atoms with van der Waals surface area (Å²) >= 11 is 0. The number of sulfonamides is 1. The van der Waals surface area contributed by atoms with Crippen LogP contribution in [0.5, 0.6) is 5.75 Å². The van der Waals surface area contributed by atoms with E-state index in [1.807, 2.05) is 24.8 Å². The van der Waals surface area contributed by atoms with Gasteiger partial charge in [0.1, 0.15) is 12.3 Å². The number of carbonyl (C=O) groups is 2. The Morgan fingerprint density at radius 2 is 1.65 bits per heavy atom. The number of nitrogens with zero attached hydrogens (tertiary/aromatic N) is 3. The number of carbonyl (C=O) groups excluding carboxylic acids is 2. The second-order valence-electron chi connectivity index (χ2n) is 9.76. The summed E-state index contributed by atoms with van der Waals surface area (Å²) in [5.74, 6) is -0.0524. The Balaban J connectivity index is 1.37. The number of amides is 2. The van der Waals surface area contributed by atoms with Gasteiger partial charge in [0.05, 0.1) is 16.8 Å². The normalized spacial score (nSPS) is 13.7. The molecule has 3 aromatic rings. The first-order valence-electron chi connectivity index (χ1n) is 13.2. The van der Waals surface area contributed by atoms with Crippen molar-refractivity contribution < 1.29 is 22.7 Å². The number of rotatable bonds is 10.